The highest BCUT2D eigenvalue weighted by atomic mass is 79.9. The molecule has 0 N–H and O–H groups in total. The fourth-order valence-electron chi connectivity index (χ4n) is 1.11. The number of methoxy groups -OCH3 is 2. The highest BCUT2D eigenvalue weighted by Crippen LogP contribution is 2.40. The molecular weight excluding hydrogens is 300 g/mol. The van der Waals surface area contributed by atoms with Crippen LogP contribution >= 0.6 is 31.9 Å². The molecule has 1 rings (SSSR count). The van der Waals surface area contributed by atoms with Crippen molar-refractivity contribution in [3.8, 4) is 11.5 Å². The third-order valence-corrected chi connectivity index (χ3v) is 3.36. The molecule has 4 heteroatoms. The summed E-state index contributed by atoms with van der Waals surface area (Å²) in [7, 11) is 3.28. The molecule has 0 atom stereocenters. The zero-order valence-corrected chi connectivity index (χ0v) is 10.8. The van der Waals surface area contributed by atoms with Crippen molar-refractivity contribution in [1.82, 2.24) is 0 Å². The molecule has 0 aliphatic rings. The van der Waals surface area contributed by atoms with E-state index in [-0.39, 0.29) is 0 Å². The molecule has 72 valence electrons. The molecule has 1 aromatic rings. The minimum atomic E-state index is 0.796. The van der Waals surface area contributed by atoms with E-state index in [0.29, 0.717) is 0 Å². The van der Waals surface area contributed by atoms with Crippen molar-refractivity contribution in [2.75, 3.05) is 14.2 Å². The second kappa shape index (κ2) is 4.33. The maximum Gasteiger partial charge on any atom is 0.137 e. The molecule has 0 aromatic heterocycles. The predicted octanol–water partition coefficient (Wildman–Crippen LogP) is 3.54. The first kappa shape index (κ1) is 10.9. The van der Waals surface area contributed by atoms with Crippen molar-refractivity contribution in [3.05, 3.63) is 20.6 Å². The van der Waals surface area contributed by atoms with Crippen molar-refractivity contribution < 1.29 is 9.47 Å². The number of halogens is 2. The first-order valence-corrected chi connectivity index (χ1v) is 5.27. The Morgan fingerprint density at radius 1 is 1.15 bits per heavy atom. The van der Waals surface area contributed by atoms with E-state index in [1.165, 1.54) is 0 Å². The van der Waals surface area contributed by atoms with Crippen molar-refractivity contribution in [3.63, 3.8) is 0 Å². The average Bonchev–Trinajstić information content (AvgIpc) is 2.12. The van der Waals surface area contributed by atoms with Crippen LogP contribution in [0.25, 0.3) is 0 Å². The van der Waals surface area contributed by atoms with E-state index in [2.05, 4.69) is 31.9 Å². The zero-order valence-electron chi connectivity index (χ0n) is 7.65. The highest BCUT2D eigenvalue weighted by molar-refractivity contribution is 9.11. The molecule has 0 saturated heterocycles. The summed E-state index contributed by atoms with van der Waals surface area (Å²) in [5.41, 5.74) is 1.02. The summed E-state index contributed by atoms with van der Waals surface area (Å²) in [6, 6.07) is 1.87. The summed E-state index contributed by atoms with van der Waals surface area (Å²) in [6.07, 6.45) is 0. The Morgan fingerprint density at radius 2 is 1.77 bits per heavy atom. The number of benzene rings is 1. The molecule has 0 fully saturated rings. The topological polar surface area (TPSA) is 18.5 Å². The van der Waals surface area contributed by atoms with E-state index in [0.717, 1.165) is 26.0 Å². The Hall–Kier alpha value is -0.220. The molecule has 0 aliphatic carbocycles. The van der Waals surface area contributed by atoms with Crippen molar-refractivity contribution in [2.24, 2.45) is 0 Å². The average molecular weight is 310 g/mol. The van der Waals surface area contributed by atoms with E-state index in [9.17, 15) is 0 Å². The molecular formula is C9H10Br2O2. The fourth-order valence-corrected chi connectivity index (χ4v) is 2.23. The summed E-state index contributed by atoms with van der Waals surface area (Å²) in [5.74, 6) is 1.62. The van der Waals surface area contributed by atoms with Gasteiger partial charge in [-0.25, -0.2) is 0 Å². The van der Waals surface area contributed by atoms with Gasteiger partial charge in [-0.2, -0.15) is 0 Å². The van der Waals surface area contributed by atoms with Gasteiger partial charge in [0.1, 0.15) is 11.5 Å². The third-order valence-electron chi connectivity index (χ3n) is 1.78. The van der Waals surface area contributed by atoms with Gasteiger partial charge in [0.25, 0.3) is 0 Å². The molecule has 0 spiro atoms. The lowest BCUT2D eigenvalue weighted by molar-refractivity contribution is 0.396. The Balaban J connectivity index is 3.37. The van der Waals surface area contributed by atoms with E-state index < -0.39 is 0 Å². The lowest BCUT2D eigenvalue weighted by Crippen LogP contribution is -1.93. The standard InChI is InChI=1S/C9H10Br2O2/c1-5-8(11)7(12-2)4-6(10)9(5)13-3/h4H,1-3H3. The summed E-state index contributed by atoms with van der Waals surface area (Å²) >= 11 is 6.85. The van der Waals surface area contributed by atoms with Gasteiger partial charge >= 0.3 is 0 Å². The third kappa shape index (κ3) is 1.99. The zero-order chi connectivity index (χ0) is 10.0. The van der Waals surface area contributed by atoms with Gasteiger partial charge in [-0.1, -0.05) is 0 Å². The summed E-state index contributed by atoms with van der Waals surface area (Å²) in [4.78, 5) is 0. The molecule has 0 aliphatic heterocycles. The Bertz CT molecular complexity index is 324. The fraction of sp³-hybridized carbons (Fsp3) is 0.333. The summed E-state index contributed by atoms with van der Waals surface area (Å²) in [6.45, 7) is 1.97. The lowest BCUT2D eigenvalue weighted by Gasteiger charge is -2.12. The van der Waals surface area contributed by atoms with Crippen molar-refractivity contribution in [1.29, 1.82) is 0 Å². The van der Waals surface area contributed by atoms with Gasteiger partial charge < -0.3 is 9.47 Å². The van der Waals surface area contributed by atoms with E-state index >= 15 is 0 Å². The Labute approximate surface area is 94.5 Å². The molecule has 0 bridgehead atoms. The maximum atomic E-state index is 5.22. The smallest absolute Gasteiger partial charge is 0.137 e. The molecule has 2 nitrogen and oxygen atoms in total. The minimum absolute atomic E-state index is 0.796. The van der Waals surface area contributed by atoms with Crippen LogP contribution < -0.4 is 9.47 Å². The second-order valence-corrected chi connectivity index (χ2v) is 4.18. The Kier molecular flexibility index (Phi) is 3.62. The van der Waals surface area contributed by atoms with Crippen molar-refractivity contribution >= 4 is 31.9 Å². The van der Waals surface area contributed by atoms with Crippen LogP contribution in [0, 0.1) is 6.92 Å². The number of rotatable bonds is 2. The number of hydrogen-bond donors (Lipinski definition) is 0. The van der Waals surface area contributed by atoms with E-state index in [1.54, 1.807) is 14.2 Å². The number of ether oxygens (including phenoxy) is 2. The van der Waals surface area contributed by atoms with Crippen LogP contribution in [-0.4, -0.2) is 14.2 Å². The van der Waals surface area contributed by atoms with Crippen LogP contribution in [0.1, 0.15) is 5.56 Å². The quantitative estimate of drug-likeness (QED) is 0.832. The lowest BCUT2D eigenvalue weighted by atomic mass is 10.2. The van der Waals surface area contributed by atoms with Crippen LogP contribution in [-0.2, 0) is 0 Å². The summed E-state index contributed by atoms with van der Waals surface area (Å²) < 4.78 is 12.2. The SMILES string of the molecule is COc1cc(Br)c(OC)c(C)c1Br. The van der Waals surface area contributed by atoms with Crippen LogP contribution in [0.15, 0.2) is 15.0 Å². The molecule has 0 unspecified atom stereocenters. The molecule has 13 heavy (non-hydrogen) atoms. The minimum Gasteiger partial charge on any atom is -0.496 e. The van der Waals surface area contributed by atoms with Crippen molar-refractivity contribution in [2.45, 2.75) is 6.92 Å². The summed E-state index contributed by atoms with van der Waals surface area (Å²) in [5, 5.41) is 0. The van der Waals surface area contributed by atoms with Gasteiger partial charge in [-0.3, -0.25) is 0 Å². The van der Waals surface area contributed by atoms with E-state index in [4.69, 9.17) is 9.47 Å². The van der Waals surface area contributed by atoms with Crippen LogP contribution in [0.2, 0.25) is 0 Å². The van der Waals surface area contributed by atoms with Gasteiger partial charge in [0.05, 0.1) is 23.2 Å². The monoisotopic (exact) mass is 308 g/mol. The molecule has 0 saturated carbocycles. The normalized spacial score (nSPS) is 9.92. The predicted molar refractivity (Wildman–Crippen MR) is 59.7 cm³/mol. The van der Waals surface area contributed by atoms with Crippen LogP contribution in [0.3, 0.4) is 0 Å². The molecule has 0 heterocycles. The van der Waals surface area contributed by atoms with Gasteiger partial charge in [-0.05, 0) is 44.8 Å². The second-order valence-electron chi connectivity index (χ2n) is 2.53. The van der Waals surface area contributed by atoms with E-state index in [1.807, 2.05) is 13.0 Å². The Morgan fingerprint density at radius 3 is 2.23 bits per heavy atom. The first-order chi connectivity index (χ1) is 6.11. The van der Waals surface area contributed by atoms with Gasteiger partial charge in [0.15, 0.2) is 0 Å². The van der Waals surface area contributed by atoms with Gasteiger partial charge in [0.2, 0.25) is 0 Å². The highest BCUT2D eigenvalue weighted by Gasteiger charge is 2.12. The molecule has 0 amide bonds. The number of hydrogen-bond acceptors (Lipinski definition) is 2. The first-order valence-electron chi connectivity index (χ1n) is 3.68. The van der Waals surface area contributed by atoms with Gasteiger partial charge in [0, 0.05) is 5.56 Å². The molecule has 0 radical (unpaired) electrons. The maximum absolute atomic E-state index is 5.22. The molecule has 1 aromatic carbocycles. The van der Waals surface area contributed by atoms with Gasteiger partial charge in [-0.15, -0.1) is 0 Å². The van der Waals surface area contributed by atoms with Crippen LogP contribution in [0.5, 0.6) is 11.5 Å². The largest absolute Gasteiger partial charge is 0.496 e. The van der Waals surface area contributed by atoms with Crippen LogP contribution in [0.4, 0.5) is 0 Å².